The number of sulfone groups is 1. The standard InChI is InChI=1S/C17H13ClF2N2O4S2/c18-12-3-5-13(6-4-12)25-9-15-21-22-17(26-15)27-10-11-1-7-14(8-2-11)28(23,24)16(19)20/h1-8,16H,9-10H2. The summed E-state index contributed by atoms with van der Waals surface area (Å²) in [6.45, 7) is 0.0926. The molecule has 3 rings (SSSR count). The molecule has 3 aromatic rings. The molecule has 0 aliphatic carbocycles. The Morgan fingerprint density at radius 3 is 2.39 bits per heavy atom. The molecule has 0 N–H and O–H groups in total. The van der Waals surface area contributed by atoms with Crippen LogP contribution in [0, 0.1) is 0 Å². The lowest BCUT2D eigenvalue weighted by Gasteiger charge is -2.04. The monoisotopic (exact) mass is 446 g/mol. The van der Waals surface area contributed by atoms with E-state index in [9.17, 15) is 17.2 Å². The minimum absolute atomic E-state index is 0.0926. The fourth-order valence-electron chi connectivity index (χ4n) is 2.05. The Hall–Kier alpha value is -2.17. The first-order chi connectivity index (χ1) is 13.3. The van der Waals surface area contributed by atoms with E-state index in [1.807, 2.05) is 0 Å². The zero-order chi connectivity index (χ0) is 20.1. The maximum Gasteiger partial charge on any atom is 0.341 e. The van der Waals surface area contributed by atoms with Gasteiger partial charge in [-0.25, -0.2) is 8.42 Å². The topological polar surface area (TPSA) is 82.3 Å². The molecule has 2 aromatic carbocycles. The van der Waals surface area contributed by atoms with Crippen molar-refractivity contribution in [1.82, 2.24) is 10.2 Å². The molecule has 0 aliphatic rings. The number of nitrogens with zero attached hydrogens (tertiary/aromatic N) is 2. The molecule has 0 spiro atoms. The van der Waals surface area contributed by atoms with Crippen LogP contribution in [0.15, 0.2) is 63.1 Å². The number of benzene rings is 2. The molecule has 11 heteroatoms. The van der Waals surface area contributed by atoms with Crippen LogP contribution in [0.2, 0.25) is 5.02 Å². The molecule has 1 aromatic heterocycles. The Morgan fingerprint density at radius 2 is 1.75 bits per heavy atom. The van der Waals surface area contributed by atoms with Gasteiger partial charge in [-0.05, 0) is 42.0 Å². The lowest BCUT2D eigenvalue weighted by molar-refractivity contribution is 0.234. The van der Waals surface area contributed by atoms with E-state index in [4.69, 9.17) is 20.8 Å². The zero-order valence-electron chi connectivity index (χ0n) is 14.1. The Balaban J connectivity index is 1.53. The summed E-state index contributed by atoms with van der Waals surface area (Å²) in [6, 6.07) is 12.0. The molecule has 28 heavy (non-hydrogen) atoms. The summed E-state index contributed by atoms with van der Waals surface area (Å²) in [4.78, 5) is -0.421. The Bertz CT molecular complexity index is 1030. The molecule has 0 atom stereocenters. The molecule has 0 amide bonds. The summed E-state index contributed by atoms with van der Waals surface area (Å²) in [6.07, 6.45) is 0. The van der Waals surface area contributed by atoms with Crippen molar-refractivity contribution in [1.29, 1.82) is 0 Å². The van der Waals surface area contributed by atoms with Gasteiger partial charge < -0.3 is 9.15 Å². The third kappa shape index (κ3) is 5.21. The average molecular weight is 447 g/mol. The molecule has 6 nitrogen and oxygen atoms in total. The number of alkyl halides is 2. The molecule has 0 unspecified atom stereocenters. The van der Waals surface area contributed by atoms with Crippen molar-refractivity contribution < 1.29 is 26.4 Å². The molecular weight excluding hydrogens is 434 g/mol. The van der Waals surface area contributed by atoms with Crippen molar-refractivity contribution in [2.45, 2.75) is 28.2 Å². The van der Waals surface area contributed by atoms with Crippen LogP contribution in [-0.4, -0.2) is 24.4 Å². The maximum atomic E-state index is 12.5. The fourth-order valence-corrected chi connectivity index (χ4v) is 3.64. The van der Waals surface area contributed by atoms with Gasteiger partial charge in [-0.2, -0.15) is 8.78 Å². The number of hydrogen-bond donors (Lipinski definition) is 0. The van der Waals surface area contributed by atoms with Crippen LogP contribution in [0.3, 0.4) is 0 Å². The highest BCUT2D eigenvalue weighted by molar-refractivity contribution is 7.98. The molecule has 0 fully saturated rings. The van der Waals surface area contributed by atoms with Crippen molar-refractivity contribution in [2.75, 3.05) is 0 Å². The van der Waals surface area contributed by atoms with Crippen LogP contribution in [0.5, 0.6) is 5.75 Å². The molecule has 0 saturated carbocycles. The largest absolute Gasteiger partial charge is 0.484 e. The molecule has 0 bridgehead atoms. The van der Waals surface area contributed by atoms with Crippen molar-refractivity contribution in [3.63, 3.8) is 0 Å². The lowest BCUT2D eigenvalue weighted by atomic mass is 10.2. The van der Waals surface area contributed by atoms with Gasteiger partial charge in [-0.1, -0.05) is 35.5 Å². The van der Waals surface area contributed by atoms with Gasteiger partial charge >= 0.3 is 5.76 Å². The summed E-state index contributed by atoms with van der Waals surface area (Å²) in [5.74, 6) is -2.15. The van der Waals surface area contributed by atoms with Crippen LogP contribution in [0.25, 0.3) is 0 Å². The van der Waals surface area contributed by atoms with Crippen molar-refractivity contribution in [3.8, 4) is 5.75 Å². The summed E-state index contributed by atoms with van der Waals surface area (Å²) in [5, 5.41) is 8.67. The summed E-state index contributed by atoms with van der Waals surface area (Å²) >= 11 is 7.03. The summed E-state index contributed by atoms with van der Waals surface area (Å²) < 4.78 is 58.8. The van der Waals surface area contributed by atoms with Crippen molar-refractivity contribution >= 4 is 33.2 Å². The highest BCUT2D eigenvalue weighted by atomic mass is 35.5. The summed E-state index contributed by atoms with van der Waals surface area (Å²) in [7, 11) is -4.59. The Morgan fingerprint density at radius 1 is 1.07 bits per heavy atom. The molecule has 0 saturated heterocycles. The second-order valence-electron chi connectivity index (χ2n) is 5.44. The highest BCUT2D eigenvalue weighted by Crippen LogP contribution is 2.24. The van der Waals surface area contributed by atoms with Gasteiger partial charge in [0.1, 0.15) is 5.75 Å². The lowest BCUT2D eigenvalue weighted by Crippen LogP contribution is -2.11. The number of aromatic nitrogens is 2. The maximum absolute atomic E-state index is 12.5. The molecule has 1 heterocycles. The second kappa shape index (κ2) is 8.89. The first-order valence-corrected chi connectivity index (χ1v) is 10.7. The normalized spacial score (nSPS) is 11.7. The van der Waals surface area contributed by atoms with E-state index in [1.54, 1.807) is 24.3 Å². The Labute approximate surface area is 168 Å². The van der Waals surface area contributed by atoms with Gasteiger partial charge in [0.05, 0.1) is 4.90 Å². The third-order valence-corrected chi connectivity index (χ3v) is 6.01. The van der Waals surface area contributed by atoms with Crippen LogP contribution < -0.4 is 4.74 Å². The molecule has 0 radical (unpaired) electrons. The van der Waals surface area contributed by atoms with E-state index in [0.717, 1.165) is 17.7 Å². The molecular formula is C17H13ClF2N2O4S2. The van der Waals surface area contributed by atoms with Gasteiger partial charge in [0.15, 0.2) is 6.61 Å². The third-order valence-electron chi connectivity index (χ3n) is 3.47. The molecule has 0 aliphatic heterocycles. The average Bonchev–Trinajstić information content (AvgIpc) is 3.14. The second-order valence-corrected chi connectivity index (χ2v) is 8.72. The highest BCUT2D eigenvalue weighted by Gasteiger charge is 2.26. The van der Waals surface area contributed by atoms with Gasteiger partial charge in [0.2, 0.25) is 9.84 Å². The van der Waals surface area contributed by atoms with Crippen LogP contribution >= 0.6 is 23.4 Å². The van der Waals surface area contributed by atoms with Crippen LogP contribution in [0.1, 0.15) is 11.5 Å². The van der Waals surface area contributed by atoms with Crippen molar-refractivity contribution in [3.05, 3.63) is 65.0 Å². The smallest absolute Gasteiger partial charge is 0.341 e. The van der Waals surface area contributed by atoms with E-state index in [2.05, 4.69) is 10.2 Å². The number of hydrogen-bond acceptors (Lipinski definition) is 7. The fraction of sp³-hybridized carbons (Fsp3) is 0.176. The molecule has 148 valence electrons. The Kier molecular flexibility index (Phi) is 6.53. The van der Waals surface area contributed by atoms with Gasteiger partial charge in [0, 0.05) is 10.8 Å². The quantitative estimate of drug-likeness (QED) is 0.468. The van der Waals surface area contributed by atoms with Gasteiger partial charge in [-0.15, -0.1) is 10.2 Å². The van der Waals surface area contributed by atoms with Gasteiger partial charge in [0.25, 0.3) is 11.1 Å². The predicted octanol–water partition coefficient (Wildman–Crippen LogP) is 4.59. The number of halogens is 3. The SMILES string of the molecule is O=S(=O)(c1ccc(CSc2nnc(COc3ccc(Cl)cc3)o2)cc1)C(F)F. The minimum Gasteiger partial charge on any atom is -0.484 e. The first-order valence-electron chi connectivity index (χ1n) is 7.79. The van der Waals surface area contributed by atoms with Crippen LogP contribution in [-0.2, 0) is 22.2 Å². The zero-order valence-corrected chi connectivity index (χ0v) is 16.5. The first kappa shape index (κ1) is 20.6. The van der Waals surface area contributed by atoms with E-state index < -0.39 is 20.5 Å². The van der Waals surface area contributed by atoms with Crippen LogP contribution in [0.4, 0.5) is 8.78 Å². The van der Waals surface area contributed by atoms with E-state index >= 15 is 0 Å². The van der Waals surface area contributed by atoms with E-state index in [-0.39, 0.29) is 12.5 Å². The van der Waals surface area contributed by atoms with Crippen molar-refractivity contribution in [2.24, 2.45) is 0 Å². The summed E-state index contributed by atoms with van der Waals surface area (Å²) in [5.41, 5.74) is 0.718. The number of rotatable bonds is 8. The number of thioether (sulfide) groups is 1. The van der Waals surface area contributed by atoms with E-state index in [1.165, 1.54) is 23.9 Å². The van der Waals surface area contributed by atoms with E-state index in [0.29, 0.717) is 21.7 Å². The number of ether oxygens (including phenoxy) is 1. The minimum atomic E-state index is -4.59. The van der Waals surface area contributed by atoms with Gasteiger partial charge in [-0.3, -0.25) is 0 Å². The predicted molar refractivity (Wildman–Crippen MR) is 99.3 cm³/mol.